The van der Waals surface area contributed by atoms with Crippen molar-refractivity contribution in [1.82, 2.24) is 5.16 Å². The molecule has 25 heavy (non-hydrogen) atoms. The van der Waals surface area contributed by atoms with Crippen LogP contribution in [0.1, 0.15) is 18.2 Å². The van der Waals surface area contributed by atoms with Crippen LogP contribution < -0.4 is 16.0 Å². The average molecular weight is 356 g/mol. The summed E-state index contributed by atoms with van der Waals surface area (Å²) in [7, 11) is 0. The number of anilines is 3. The molecule has 1 aromatic heterocycles. The van der Waals surface area contributed by atoms with Crippen LogP contribution in [0.3, 0.4) is 0 Å². The highest BCUT2D eigenvalue weighted by atomic mass is 19.4. The van der Waals surface area contributed by atoms with E-state index in [9.17, 15) is 22.8 Å². The summed E-state index contributed by atoms with van der Waals surface area (Å²) < 4.78 is 44.3. The minimum Gasteiger partial charge on any atom is -0.376 e. The van der Waals surface area contributed by atoms with Crippen LogP contribution in [0.5, 0.6) is 0 Å². The first kappa shape index (κ1) is 18.3. The van der Waals surface area contributed by atoms with Gasteiger partial charge in [-0.05, 0) is 25.1 Å². The Morgan fingerprint density at radius 3 is 2.48 bits per heavy atom. The third-order valence-corrected chi connectivity index (χ3v) is 2.98. The van der Waals surface area contributed by atoms with Crippen molar-refractivity contribution < 1.29 is 27.3 Å². The van der Waals surface area contributed by atoms with Crippen molar-refractivity contribution in [1.29, 1.82) is 0 Å². The van der Waals surface area contributed by atoms with Crippen LogP contribution in [0.15, 0.2) is 28.8 Å². The first-order valence-corrected chi connectivity index (χ1v) is 7.11. The molecule has 0 aliphatic rings. The Bertz CT molecular complexity index is 787. The highest BCUT2D eigenvalue weighted by molar-refractivity contribution is 5.93. The highest BCUT2D eigenvalue weighted by Gasteiger charge is 2.34. The van der Waals surface area contributed by atoms with Gasteiger partial charge in [0.05, 0.1) is 12.1 Å². The predicted molar refractivity (Wildman–Crippen MR) is 84.1 cm³/mol. The number of benzene rings is 1. The molecule has 7 nitrogen and oxygen atoms in total. The summed E-state index contributed by atoms with van der Waals surface area (Å²) in [6.45, 7) is 2.41. The van der Waals surface area contributed by atoms with Crippen LogP contribution in [-0.2, 0) is 15.8 Å². The first-order valence-electron chi connectivity index (χ1n) is 7.11. The molecule has 0 fully saturated rings. The van der Waals surface area contributed by atoms with Gasteiger partial charge >= 0.3 is 6.18 Å². The van der Waals surface area contributed by atoms with Gasteiger partial charge in [0.15, 0.2) is 5.82 Å². The van der Waals surface area contributed by atoms with Gasteiger partial charge in [-0.1, -0.05) is 5.16 Å². The van der Waals surface area contributed by atoms with E-state index >= 15 is 0 Å². The topological polar surface area (TPSA) is 96.3 Å². The van der Waals surface area contributed by atoms with Gasteiger partial charge < -0.3 is 20.5 Å². The van der Waals surface area contributed by atoms with Crippen LogP contribution >= 0.6 is 0 Å². The molecular formula is C15H15F3N4O3. The molecule has 0 radical (unpaired) electrons. The summed E-state index contributed by atoms with van der Waals surface area (Å²) >= 11 is 0. The average Bonchev–Trinajstić information content (AvgIpc) is 2.89. The Labute approximate surface area is 140 Å². The zero-order chi connectivity index (χ0) is 18.6. The lowest BCUT2D eigenvalue weighted by molar-refractivity contribution is -0.137. The summed E-state index contributed by atoms with van der Waals surface area (Å²) in [5, 5.41) is 10.6. The molecule has 134 valence electrons. The van der Waals surface area contributed by atoms with Gasteiger partial charge in [-0.2, -0.15) is 13.2 Å². The van der Waals surface area contributed by atoms with Crippen molar-refractivity contribution in [3.63, 3.8) is 0 Å². The Balaban J connectivity index is 2.09. The van der Waals surface area contributed by atoms with E-state index in [0.29, 0.717) is 5.76 Å². The Morgan fingerprint density at radius 1 is 1.20 bits per heavy atom. The van der Waals surface area contributed by atoms with Crippen LogP contribution in [0, 0.1) is 6.92 Å². The molecular weight excluding hydrogens is 341 g/mol. The number of aromatic nitrogens is 1. The summed E-state index contributed by atoms with van der Waals surface area (Å²) in [5.41, 5.74) is -1.27. The van der Waals surface area contributed by atoms with E-state index in [2.05, 4.69) is 21.1 Å². The van der Waals surface area contributed by atoms with Gasteiger partial charge in [0, 0.05) is 24.4 Å². The first-order chi connectivity index (χ1) is 11.6. The molecule has 1 aromatic carbocycles. The fourth-order valence-electron chi connectivity index (χ4n) is 2.00. The van der Waals surface area contributed by atoms with Gasteiger partial charge in [0.2, 0.25) is 11.8 Å². The lowest BCUT2D eigenvalue weighted by Crippen LogP contribution is -2.23. The summed E-state index contributed by atoms with van der Waals surface area (Å²) in [6, 6.07) is 4.71. The van der Waals surface area contributed by atoms with Crippen LogP contribution in [0.2, 0.25) is 0 Å². The molecule has 0 aliphatic carbocycles. The number of carbonyl (C=O) groups excluding carboxylic acids is 2. The molecule has 1 heterocycles. The molecule has 0 bridgehead atoms. The third-order valence-electron chi connectivity index (χ3n) is 2.98. The lowest BCUT2D eigenvalue weighted by Gasteiger charge is -2.16. The molecule has 3 N–H and O–H groups in total. The number of amides is 2. The number of hydrogen-bond donors (Lipinski definition) is 3. The number of aryl methyl sites for hydroxylation is 1. The standard InChI is InChI=1S/C15H15F3N4O3/c1-8-5-13(22-25-8)21-14(24)7-19-12-4-3-10(20-9(2)23)6-11(12)15(16,17)18/h3-6,19H,7H2,1-2H3,(H,20,23)(H,21,22,24). The van der Waals surface area contributed by atoms with E-state index in [1.807, 2.05) is 0 Å². The normalized spacial score (nSPS) is 11.1. The van der Waals surface area contributed by atoms with E-state index in [4.69, 9.17) is 4.52 Å². The van der Waals surface area contributed by atoms with Crippen molar-refractivity contribution in [2.75, 3.05) is 22.5 Å². The monoisotopic (exact) mass is 356 g/mol. The maximum absolute atomic E-state index is 13.2. The van der Waals surface area contributed by atoms with Crippen molar-refractivity contribution >= 4 is 29.0 Å². The van der Waals surface area contributed by atoms with Crippen molar-refractivity contribution in [2.45, 2.75) is 20.0 Å². The minimum atomic E-state index is -4.66. The van der Waals surface area contributed by atoms with E-state index in [1.165, 1.54) is 19.1 Å². The number of hydrogen-bond acceptors (Lipinski definition) is 5. The smallest absolute Gasteiger partial charge is 0.376 e. The largest absolute Gasteiger partial charge is 0.418 e. The van der Waals surface area contributed by atoms with E-state index in [-0.39, 0.29) is 17.2 Å². The van der Waals surface area contributed by atoms with Crippen molar-refractivity contribution in [2.24, 2.45) is 0 Å². The second-order valence-corrected chi connectivity index (χ2v) is 5.16. The molecule has 0 atom stereocenters. The van der Waals surface area contributed by atoms with Crippen molar-refractivity contribution in [3.8, 4) is 0 Å². The third kappa shape index (κ3) is 5.23. The quantitative estimate of drug-likeness (QED) is 0.765. The number of nitrogens with one attached hydrogen (secondary N) is 3. The van der Waals surface area contributed by atoms with Gasteiger partial charge in [-0.25, -0.2) is 0 Å². The molecule has 2 aromatic rings. The Kier molecular flexibility index (Phi) is 5.30. The molecule has 0 unspecified atom stereocenters. The van der Waals surface area contributed by atoms with Crippen LogP contribution in [0.25, 0.3) is 0 Å². The summed E-state index contributed by atoms with van der Waals surface area (Å²) in [5.74, 6) is -0.430. The fraction of sp³-hybridized carbons (Fsp3) is 0.267. The number of nitrogens with zero attached hydrogens (tertiary/aromatic N) is 1. The Morgan fingerprint density at radius 2 is 1.92 bits per heavy atom. The molecule has 0 spiro atoms. The van der Waals surface area contributed by atoms with Gasteiger partial charge in [-0.15, -0.1) is 0 Å². The van der Waals surface area contributed by atoms with E-state index < -0.39 is 30.1 Å². The number of halogens is 3. The van der Waals surface area contributed by atoms with Gasteiger partial charge in [-0.3, -0.25) is 9.59 Å². The molecule has 0 saturated carbocycles. The molecule has 0 aliphatic heterocycles. The van der Waals surface area contributed by atoms with Crippen LogP contribution in [-0.4, -0.2) is 23.5 Å². The van der Waals surface area contributed by atoms with Gasteiger partial charge in [0.1, 0.15) is 5.76 Å². The fourth-order valence-corrected chi connectivity index (χ4v) is 2.00. The van der Waals surface area contributed by atoms with E-state index in [0.717, 1.165) is 12.1 Å². The Hall–Kier alpha value is -3.04. The summed E-state index contributed by atoms with van der Waals surface area (Å²) in [6.07, 6.45) is -4.66. The van der Waals surface area contributed by atoms with Gasteiger partial charge in [0.25, 0.3) is 0 Å². The zero-order valence-electron chi connectivity index (χ0n) is 13.3. The molecule has 2 amide bonds. The highest BCUT2D eigenvalue weighted by Crippen LogP contribution is 2.36. The SMILES string of the molecule is CC(=O)Nc1ccc(NCC(=O)Nc2cc(C)on2)c(C(F)(F)F)c1. The van der Waals surface area contributed by atoms with E-state index in [1.54, 1.807) is 6.92 Å². The lowest BCUT2D eigenvalue weighted by atomic mass is 10.1. The molecule has 2 rings (SSSR count). The summed E-state index contributed by atoms with van der Waals surface area (Å²) in [4.78, 5) is 22.7. The number of alkyl halides is 3. The zero-order valence-corrected chi connectivity index (χ0v) is 13.3. The van der Waals surface area contributed by atoms with Crippen LogP contribution in [0.4, 0.5) is 30.4 Å². The van der Waals surface area contributed by atoms with Crippen molar-refractivity contribution in [3.05, 3.63) is 35.6 Å². The maximum Gasteiger partial charge on any atom is 0.418 e. The predicted octanol–water partition coefficient (Wildman–Crippen LogP) is 3.01. The second-order valence-electron chi connectivity index (χ2n) is 5.16. The number of rotatable bonds is 5. The molecule has 0 saturated heterocycles. The maximum atomic E-state index is 13.2. The number of carbonyl (C=O) groups is 2. The minimum absolute atomic E-state index is 0.00731. The molecule has 10 heteroatoms. The second kappa shape index (κ2) is 7.24.